The third-order valence-electron chi connectivity index (χ3n) is 5.10. The molecular weight excluding hydrogens is 418 g/mol. The molecule has 0 atom stereocenters. The number of halogens is 1. The van der Waals surface area contributed by atoms with Crippen molar-refractivity contribution < 1.29 is 14.3 Å². The number of carbonyl (C=O) groups excluding carboxylic acids is 2. The zero-order valence-corrected chi connectivity index (χ0v) is 18.3. The van der Waals surface area contributed by atoms with Crippen LogP contribution in [0.1, 0.15) is 34.5 Å². The number of fused-ring (bicyclic) bond motifs is 1. The zero-order chi connectivity index (χ0) is 22.5. The van der Waals surface area contributed by atoms with Crippen LogP contribution in [0.4, 0.5) is 0 Å². The molecule has 2 aromatic heterocycles. The molecule has 9 heteroatoms. The van der Waals surface area contributed by atoms with Crippen molar-refractivity contribution in [1.29, 1.82) is 5.26 Å². The van der Waals surface area contributed by atoms with E-state index >= 15 is 0 Å². The first kappa shape index (κ1) is 22.2. The summed E-state index contributed by atoms with van der Waals surface area (Å²) >= 11 is 5.93. The molecule has 2 heterocycles. The van der Waals surface area contributed by atoms with Crippen molar-refractivity contribution in [1.82, 2.24) is 19.5 Å². The highest BCUT2D eigenvalue weighted by Crippen LogP contribution is 2.19. The molecular formula is C22H22ClN5O3. The molecule has 0 unspecified atom stereocenters. The molecule has 31 heavy (non-hydrogen) atoms. The molecule has 3 rings (SSSR count). The predicted molar refractivity (Wildman–Crippen MR) is 114 cm³/mol. The maximum absolute atomic E-state index is 13.0. The molecule has 0 N–H and O–H groups in total. The van der Waals surface area contributed by atoms with E-state index in [0.717, 1.165) is 22.5 Å². The Kier molecular flexibility index (Phi) is 6.88. The molecule has 160 valence electrons. The lowest BCUT2D eigenvalue weighted by Gasteiger charge is -2.22. The van der Waals surface area contributed by atoms with Gasteiger partial charge in [-0.2, -0.15) is 10.4 Å². The van der Waals surface area contributed by atoms with Crippen molar-refractivity contribution in [3.63, 3.8) is 0 Å². The highest BCUT2D eigenvalue weighted by Gasteiger charge is 2.20. The smallest absolute Gasteiger partial charge is 0.325 e. The molecule has 1 aromatic carbocycles. The summed E-state index contributed by atoms with van der Waals surface area (Å²) in [4.78, 5) is 30.8. The first-order chi connectivity index (χ1) is 14.8. The summed E-state index contributed by atoms with van der Waals surface area (Å²) < 4.78 is 6.36. The number of ether oxygens (including phenoxy) is 1. The van der Waals surface area contributed by atoms with Crippen molar-refractivity contribution in [2.24, 2.45) is 0 Å². The topological polar surface area (TPSA) is 101 Å². The summed E-state index contributed by atoms with van der Waals surface area (Å²) in [6.45, 7) is 3.86. The Hall–Kier alpha value is -3.44. The van der Waals surface area contributed by atoms with Crippen LogP contribution in [0.25, 0.3) is 5.65 Å². The second kappa shape index (κ2) is 9.58. The normalized spacial score (nSPS) is 10.7. The van der Waals surface area contributed by atoms with Crippen LogP contribution >= 0.6 is 11.6 Å². The van der Waals surface area contributed by atoms with E-state index in [1.165, 1.54) is 18.2 Å². The Morgan fingerprint density at radius 2 is 1.97 bits per heavy atom. The van der Waals surface area contributed by atoms with Crippen LogP contribution in [0.3, 0.4) is 0 Å². The summed E-state index contributed by atoms with van der Waals surface area (Å²) in [6.07, 6.45) is 2.10. The summed E-state index contributed by atoms with van der Waals surface area (Å²) in [5.41, 5.74) is 4.22. The van der Waals surface area contributed by atoms with Gasteiger partial charge in [-0.25, -0.2) is 9.50 Å². The molecule has 3 aromatic rings. The number of rotatable bonds is 7. The highest BCUT2D eigenvalue weighted by atomic mass is 35.5. The fourth-order valence-corrected chi connectivity index (χ4v) is 3.53. The van der Waals surface area contributed by atoms with E-state index in [-0.39, 0.29) is 25.4 Å². The average molecular weight is 440 g/mol. The lowest BCUT2D eigenvalue weighted by molar-refractivity contribution is -0.147. The van der Waals surface area contributed by atoms with Crippen molar-refractivity contribution >= 4 is 29.1 Å². The number of nitrogens with zero attached hydrogens (tertiary/aromatic N) is 5. The number of esters is 1. The van der Waals surface area contributed by atoms with Crippen LogP contribution in [-0.2, 0) is 27.3 Å². The summed E-state index contributed by atoms with van der Waals surface area (Å²) in [5.74, 6) is -0.671. The fraction of sp³-hybridized carbons (Fsp3) is 0.318. The van der Waals surface area contributed by atoms with Crippen LogP contribution in [0.15, 0.2) is 30.5 Å². The minimum absolute atomic E-state index is 0.141. The zero-order valence-electron chi connectivity index (χ0n) is 17.6. The standard InChI is InChI=1S/C22H22ClN5O3/c1-14-19(15(2)28-22(26-14)17(10-24)11-25-28)8-9-20(29)27(13-21(30)31-3)12-16-4-6-18(23)7-5-16/h4-7,11H,8-9,12-13H2,1-3H3. The molecule has 8 nitrogen and oxygen atoms in total. The first-order valence-electron chi connectivity index (χ1n) is 9.67. The van der Waals surface area contributed by atoms with Gasteiger partial charge in [-0.05, 0) is 43.5 Å². The van der Waals surface area contributed by atoms with E-state index in [2.05, 4.69) is 16.2 Å². The molecule has 0 aliphatic rings. The number of aromatic nitrogens is 3. The summed E-state index contributed by atoms with van der Waals surface area (Å²) in [7, 11) is 1.29. The SMILES string of the molecule is COC(=O)CN(Cc1ccc(Cl)cc1)C(=O)CCc1c(C)nc2c(C#N)cnn2c1C. The maximum atomic E-state index is 13.0. The number of hydrogen-bond acceptors (Lipinski definition) is 6. The summed E-state index contributed by atoms with van der Waals surface area (Å²) in [6, 6.07) is 9.19. The van der Waals surface area contributed by atoms with E-state index in [9.17, 15) is 14.9 Å². The molecule has 1 amide bonds. The third kappa shape index (κ3) is 5.01. The molecule has 0 saturated heterocycles. The van der Waals surface area contributed by atoms with Gasteiger partial charge in [0.2, 0.25) is 5.91 Å². The molecule has 0 radical (unpaired) electrons. The number of carbonyl (C=O) groups is 2. The van der Waals surface area contributed by atoms with Crippen LogP contribution in [0.2, 0.25) is 5.02 Å². The fourth-order valence-electron chi connectivity index (χ4n) is 3.40. The van der Waals surface area contributed by atoms with Crippen molar-refractivity contribution in [3.05, 3.63) is 63.6 Å². The lowest BCUT2D eigenvalue weighted by Crippen LogP contribution is -2.36. The van der Waals surface area contributed by atoms with Crippen molar-refractivity contribution in [2.45, 2.75) is 33.2 Å². The number of benzene rings is 1. The maximum Gasteiger partial charge on any atom is 0.325 e. The molecule has 0 aliphatic heterocycles. The number of aryl methyl sites for hydroxylation is 2. The second-order valence-corrected chi connectivity index (χ2v) is 7.56. The third-order valence-corrected chi connectivity index (χ3v) is 5.36. The minimum Gasteiger partial charge on any atom is -0.468 e. The van der Waals surface area contributed by atoms with Gasteiger partial charge < -0.3 is 9.64 Å². The van der Waals surface area contributed by atoms with E-state index in [1.807, 2.05) is 26.0 Å². The summed E-state index contributed by atoms with van der Waals surface area (Å²) in [5, 5.41) is 14.0. The molecule has 0 aliphatic carbocycles. The van der Waals surface area contributed by atoms with Gasteiger partial charge in [0.15, 0.2) is 5.65 Å². The Balaban J connectivity index is 1.79. The van der Waals surface area contributed by atoms with E-state index in [1.54, 1.807) is 16.6 Å². The van der Waals surface area contributed by atoms with Crippen molar-refractivity contribution in [2.75, 3.05) is 13.7 Å². The van der Waals surface area contributed by atoms with Crippen LogP contribution in [0, 0.1) is 25.2 Å². The van der Waals surface area contributed by atoms with Gasteiger partial charge in [0, 0.05) is 29.4 Å². The molecule has 0 bridgehead atoms. The van der Waals surface area contributed by atoms with Gasteiger partial charge in [-0.3, -0.25) is 9.59 Å². The van der Waals surface area contributed by atoms with Gasteiger partial charge in [-0.1, -0.05) is 23.7 Å². The molecule has 0 saturated carbocycles. The number of amides is 1. The number of nitriles is 1. The largest absolute Gasteiger partial charge is 0.468 e. The lowest BCUT2D eigenvalue weighted by atomic mass is 10.1. The van der Waals surface area contributed by atoms with Crippen LogP contribution in [0.5, 0.6) is 0 Å². The van der Waals surface area contributed by atoms with Crippen LogP contribution in [-0.4, -0.2) is 45.0 Å². The Bertz CT molecular complexity index is 1160. The highest BCUT2D eigenvalue weighted by molar-refractivity contribution is 6.30. The van der Waals surface area contributed by atoms with Gasteiger partial charge in [0.05, 0.1) is 13.3 Å². The Labute approximate surface area is 185 Å². The molecule has 0 fully saturated rings. The van der Waals surface area contributed by atoms with E-state index in [4.69, 9.17) is 16.3 Å². The van der Waals surface area contributed by atoms with E-state index < -0.39 is 5.97 Å². The van der Waals surface area contributed by atoms with Gasteiger partial charge in [0.1, 0.15) is 18.2 Å². The van der Waals surface area contributed by atoms with Gasteiger partial charge in [-0.15, -0.1) is 0 Å². The van der Waals surface area contributed by atoms with Crippen molar-refractivity contribution in [3.8, 4) is 6.07 Å². The molecule has 0 spiro atoms. The quantitative estimate of drug-likeness (QED) is 0.524. The van der Waals surface area contributed by atoms with Gasteiger partial charge >= 0.3 is 5.97 Å². The minimum atomic E-state index is -0.488. The van der Waals surface area contributed by atoms with Gasteiger partial charge in [0.25, 0.3) is 0 Å². The van der Waals surface area contributed by atoms with E-state index in [0.29, 0.717) is 22.7 Å². The number of methoxy groups -OCH3 is 1. The number of hydrogen-bond donors (Lipinski definition) is 0. The second-order valence-electron chi connectivity index (χ2n) is 7.12. The van der Waals surface area contributed by atoms with Crippen LogP contribution < -0.4 is 0 Å². The predicted octanol–water partition coefficient (Wildman–Crippen LogP) is 3.01. The Morgan fingerprint density at radius 3 is 2.61 bits per heavy atom. The average Bonchev–Trinajstić information content (AvgIpc) is 3.17. The monoisotopic (exact) mass is 439 g/mol. The Morgan fingerprint density at radius 1 is 1.26 bits per heavy atom. The first-order valence-corrected chi connectivity index (χ1v) is 10.0.